The number of carbonyl (C=O) groups excluding carboxylic acids is 1. The number of pyridine rings is 1. The van der Waals surface area contributed by atoms with E-state index in [0.717, 1.165) is 5.39 Å². The molecule has 1 aromatic heterocycles. The Labute approximate surface area is 115 Å². The molecule has 2 aromatic rings. The summed E-state index contributed by atoms with van der Waals surface area (Å²) in [6.07, 6.45) is 3.14. The number of aromatic nitrogens is 1. The fourth-order valence-electron chi connectivity index (χ4n) is 1.56. The van der Waals surface area contributed by atoms with Crippen LogP contribution in [0.1, 0.15) is 0 Å². The number of rotatable bonds is 5. The van der Waals surface area contributed by atoms with Crippen molar-refractivity contribution in [3.05, 3.63) is 48.1 Å². The van der Waals surface area contributed by atoms with E-state index in [2.05, 4.69) is 11.6 Å². The van der Waals surface area contributed by atoms with Gasteiger partial charge in [-0.2, -0.15) is 0 Å². The second-order valence-corrected chi connectivity index (χ2v) is 4.11. The van der Waals surface area contributed by atoms with Crippen molar-refractivity contribution in [3.8, 4) is 5.75 Å². The predicted molar refractivity (Wildman–Crippen MR) is 73.4 cm³/mol. The molecule has 0 atom stereocenters. The van der Waals surface area contributed by atoms with Crippen molar-refractivity contribution in [2.75, 3.05) is 13.2 Å². The minimum absolute atomic E-state index is 0.168. The van der Waals surface area contributed by atoms with Crippen LogP contribution in [0.4, 0.5) is 0 Å². The van der Waals surface area contributed by atoms with Gasteiger partial charge in [0.2, 0.25) is 0 Å². The van der Waals surface area contributed by atoms with Crippen LogP contribution < -0.4 is 4.74 Å². The molecule has 0 saturated carbocycles. The molecule has 2 rings (SSSR count). The maximum absolute atomic E-state index is 11.3. The maximum atomic E-state index is 11.3. The first-order valence-corrected chi connectivity index (χ1v) is 6.02. The van der Waals surface area contributed by atoms with E-state index in [-0.39, 0.29) is 13.2 Å². The van der Waals surface area contributed by atoms with Crippen molar-refractivity contribution < 1.29 is 14.3 Å². The number of benzene rings is 1. The first kappa shape index (κ1) is 13.4. The lowest BCUT2D eigenvalue weighted by molar-refractivity contribution is -0.144. The number of hydrogen-bond acceptors (Lipinski definition) is 4. The minimum atomic E-state index is -0.459. The van der Waals surface area contributed by atoms with Crippen LogP contribution in [0.15, 0.2) is 43.1 Å². The maximum Gasteiger partial charge on any atom is 0.344 e. The summed E-state index contributed by atoms with van der Waals surface area (Å²) in [7, 11) is 0. The molecule has 0 unspecified atom stereocenters. The Bertz CT molecular complexity index is 613. The van der Waals surface area contributed by atoms with Gasteiger partial charge in [-0.3, -0.25) is 4.98 Å². The van der Waals surface area contributed by atoms with Gasteiger partial charge in [0, 0.05) is 11.6 Å². The molecule has 0 fully saturated rings. The van der Waals surface area contributed by atoms with Crippen LogP contribution in [0.2, 0.25) is 5.02 Å². The quantitative estimate of drug-likeness (QED) is 0.623. The Morgan fingerprint density at radius 2 is 2.26 bits per heavy atom. The lowest BCUT2D eigenvalue weighted by atomic mass is 10.2. The zero-order chi connectivity index (χ0) is 13.7. The summed E-state index contributed by atoms with van der Waals surface area (Å²) in [6.45, 7) is 3.45. The van der Waals surface area contributed by atoms with Crippen LogP contribution >= 0.6 is 11.6 Å². The third kappa shape index (κ3) is 3.23. The summed E-state index contributed by atoms with van der Waals surface area (Å²) >= 11 is 6.06. The Balaban J connectivity index is 2.15. The third-order valence-corrected chi connectivity index (χ3v) is 2.72. The Kier molecular flexibility index (Phi) is 4.36. The number of hydrogen-bond donors (Lipinski definition) is 0. The molecule has 0 aliphatic carbocycles. The topological polar surface area (TPSA) is 48.4 Å². The molecule has 0 bridgehead atoms. The Hall–Kier alpha value is -2.07. The van der Waals surface area contributed by atoms with E-state index in [1.54, 1.807) is 24.4 Å². The Morgan fingerprint density at radius 1 is 1.42 bits per heavy atom. The molecule has 0 amide bonds. The molecule has 0 spiro atoms. The Morgan fingerprint density at radius 3 is 3.05 bits per heavy atom. The lowest BCUT2D eigenvalue weighted by Gasteiger charge is -2.08. The van der Waals surface area contributed by atoms with Crippen molar-refractivity contribution >= 4 is 28.5 Å². The van der Waals surface area contributed by atoms with Gasteiger partial charge < -0.3 is 9.47 Å². The summed E-state index contributed by atoms with van der Waals surface area (Å²) in [4.78, 5) is 15.5. The van der Waals surface area contributed by atoms with Gasteiger partial charge in [-0.05, 0) is 24.3 Å². The molecule has 0 aliphatic heterocycles. The van der Waals surface area contributed by atoms with Gasteiger partial charge in [-0.15, -0.1) is 0 Å². The van der Waals surface area contributed by atoms with Crippen LogP contribution in [0.3, 0.4) is 0 Å². The predicted octanol–water partition coefficient (Wildman–Crippen LogP) is 3.00. The SMILES string of the molecule is C=CCOC(=O)COc1ccc(Cl)c2cccnc12. The van der Waals surface area contributed by atoms with Gasteiger partial charge in [0.25, 0.3) is 0 Å². The first-order chi connectivity index (χ1) is 9.22. The van der Waals surface area contributed by atoms with Crippen LogP contribution in [0, 0.1) is 0 Å². The van der Waals surface area contributed by atoms with Crippen molar-refractivity contribution in [2.45, 2.75) is 0 Å². The highest BCUT2D eigenvalue weighted by Gasteiger charge is 2.09. The smallest absolute Gasteiger partial charge is 0.344 e. The van der Waals surface area contributed by atoms with E-state index < -0.39 is 5.97 Å². The van der Waals surface area contributed by atoms with E-state index in [4.69, 9.17) is 21.1 Å². The fourth-order valence-corrected chi connectivity index (χ4v) is 1.77. The largest absolute Gasteiger partial charge is 0.480 e. The van der Waals surface area contributed by atoms with Gasteiger partial charge in [-0.1, -0.05) is 24.3 Å². The van der Waals surface area contributed by atoms with Crippen LogP contribution in [-0.2, 0) is 9.53 Å². The highest BCUT2D eigenvalue weighted by Crippen LogP contribution is 2.29. The van der Waals surface area contributed by atoms with Gasteiger partial charge in [-0.25, -0.2) is 4.79 Å². The van der Waals surface area contributed by atoms with E-state index >= 15 is 0 Å². The zero-order valence-electron chi connectivity index (χ0n) is 10.1. The van der Waals surface area contributed by atoms with Crippen molar-refractivity contribution in [1.82, 2.24) is 4.98 Å². The standard InChI is InChI=1S/C14H12ClNO3/c1-2-8-18-13(17)9-19-12-6-5-11(15)10-4-3-7-16-14(10)12/h2-7H,1,8-9H2. The molecule has 1 aromatic carbocycles. The highest BCUT2D eigenvalue weighted by atomic mass is 35.5. The van der Waals surface area contributed by atoms with Crippen LogP contribution in [-0.4, -0.2) is 24.2 Å². The number of esters is 1. The van der Waals surface area contributed by atoms with Gasteiger partial charge >= 0.3 is 5.97 Å². The summed E-state index contributed by atoms with van der Waals surface area (Å²) in [6, 6.07) is 7.01. The summed E-state index contributed by atoms with van der Waals surface area (Å²) in [5, 5.41) is 1.37. The molecule has 0 aliphatic rings. The summed E-state index contributed by atoms with van der Waals surface area (Å²) in [5.41, 5.74) is 0.617. The molecule has 1 heterocycles. The normalized spacial score (nSPS) is 10.2. The average Bonchev–Trinajstić information content (AvgIpc) is 2.45. The van der Waals surface area contributed by atoms with Crippen LogP contribution in [0.5, 0.6) is 5.75 Å². The molecule has 0 saturated heterocycles. The zero-order valence-corrected chi connectivity index (χ0v) is 10.9. The highest BCUT2D eigenvalue weighted by molar-refractivity contribution is 6.35. The average molecular weight is 278 g/mol. The first-order valence-electron chi connectivity index (χ1n) is 5.65. The second kappa shape index (κ2) is 6.20. The molecule has 0 N–H and O–H groups in total. The van der Waals surface area contributed by atoms with Crippen molar-refractivity contribution in [1.29, 1.82) is 0 Å². The third-order valence-electron chi connectivity index (χ3n) is 2.39. The van der Waals surface area contributed by atoms with Crippen molar-refractivity contribution in [3.63, 3.8) is 0 Å². The molecule has 19 heavy (non-hydrogen) atoms. The van der Waals surface area contributed by atoms with E-state index in [0.29, 0.717) is 16.3 Å². The summed E-state index contributed by atoms with van der Waals surface area (Å²) < 4.78 is 10.2. The second-order valence-electron chi connectivity index (χ2n) is 3.71. The number of nitrogens with zero attached hydrogens (tertiary/aromatic N) is 1. The fraction of sp³-hybridized carbons (Fsp3) is 0.143. The number of ether oxygens (including phenoxy) is 2. The minimum Gasteiger partial charge on any atom is -0.480 e. The molecule has 4 nitrogen and oxygen atoms in total. The molecular weight excluding hydrogens is 266 g/mol. The summed E-state index contributed by atoms with van der Waals surface area (Å²) in [5.74, 6) is 0.0366. The van der Waals surface area contributed by atoms with Crippen molar-refractivity contribution in [2.24, 2.45) is 0 Å². The van der Waals surface area contributed by atoms with Gasteiger partial charge in [0.15, 0.2) is 6.61 Å². The number of fused-ring (bicyclic) bond motifs is 1. The molecule has 0 radical (unpaired) electrons. The van der Waals surface area contributed by atoms with Gasteiger partial charge in [0.1, 0.15) is 17.9 Å². The van der Waals surface area contributed by atoms with E-state index in [9.17, 15) is 4.79 Å². The lowest BCUT2D eigenvalue weighted by Crippen LogP contribution is -2.15. The van der Waals surface area contributed by atoms with E-state index in [1.807, 2.05) is 6.07 Å². The number of carbonyl (C=O) groups is 1. The molecule has 98 valence electrons. The number of halogens is 1. The monoisotopic (exact) mass is 277 g/mol. The van der Waals surface area contributed by atoms with Gasteiger partial charge in [0.05, 0.1) is 5.02 Å². The molecular formula is C14H12ClNO3. The van der Waals surface area contributed by atoms with E-state index in [1.165, 1.54) is 6.08 Å². The molecule has 5 heteroatoms. The van der Waals surface area contributed by atoms with Crippen LogP contribution in [0.25, 0.3) is 10.9 Å².